The van der Waals surface area contributed by atoms with Crippen molar-refractivity contribution in [1.29, 1.82) is 0 Å². The summed E-state index contributed by atoms with van der Waals surface area (Å²) in [5.41, 5.74) is 2.84. The van der Waals surface area contributed by atoms with Crippen molar-refractivity contribution in [1.82, 2.24) is 24.1 Å². The van der Waals surface area contributed by atoms with Crippen molar-refractivity contribution in [3.05, 3.63) is 88.6 Å². The van der Waals surface area contributed by atoms with E-state index in [2.05, 4.69) is 10.1 Å². The molecule has 2 aromatic heterocycles. The van der Waals surface area contributed by atoms with Crippen molar-refractivity contribution >= 4 is 11.6 Å². The van der Waals surface area contributed by atoms with Crippen LogP contribution in [0.25, 0.3) is 16.9 Å². The highest BCUT2D eigenvalue weighted by Crippen LogP contribution is 2.18. The molecule has 0 unspecified atom stereocenters. The molecule has 0 bridgehead atoms. The van der Waals surface area contributed by atoms with Gasteiger partial charge >= 0.3 is 5.69 Å². The minimum absolute atomic E-state index is 0.110. The predicted molar refractivity (Wildman–Crippen MR) is 115 cm³/mol. The largest absolute Gasteiger partial charge is 0.352 e. The number of aromatic nitrogens is 4. The average Bonchev–Trinajstić information content (AvgIpc) is 3.08. The van der Waals surface area contributed by atoms with Gasteiger partial charge in [-0.25, -0.2) is 18.9 Å². The van der Waals surface area contributed by atoms with Gasteiger partial charge < -0.3 is 4.90 Å². The van der Waals surface area contributed by atoms with Crippen LogP contribution in [0.2, 0.25) is 0 Å². The molecule has 0 spiro atoms. The summed E-state index contributed by atoms with van der Waals surface area (Å²) in [6.45, 7) is 4.63. The smallest absolute Gasteiger partial charge is 0.337 e. The predicted octanol–water partition coefficient (Wildman–Crippen LogP) is 2.92. The summed E-state index contributed by atoms with van der Waals surface area (Å²) in [5, 5.41) is 4.40. The molecule has 0 radical (unpaired) electrons. The molecule has 30 heavy (non-hydrogen) atoms. The fourth-order valence-electron chi connectivity index (χ4n) is 3.47. The Bertz CT molecular complexity index is 1230. The van der Waals surface area contributed by atoms with E-state index in [-0.39, 0.29) is 18.1 Å². The summed E-state index contributed by atoms with van der Waals surface area (Å²) in [5.74, 6) is 0.382. The molecular weight excluding hydrogens is 378 g/mol. The van der Waals surface area contributed by atoms with Crippen molar-refractivity contribution in [3.8, 4) is 11.3 Å². The SMILES string of the molecule is CCN(Cc1ccccc1)C(=O)Cn1nc2cc(-c3ccccc3)nc(C)n2c1=O. The van der Waals surface area contributed by atoms with Crippen LogP contribution >= 0.6 is 0 Å². The summed E-state index contributed by atoms with van der Waals surface area (Å²) < 4.78 is 2.65. The summed E-state index contributed by atoms with van der Waals surface area (Å²) in [6, 6.07) is 21.3. The third-order valence-corrected chi connectivity index (χ3v) is 5.04. The van der Waals surface area contributed by atoms with Crippen LogP contribution in [-0.4, -0.2) is 36.5 Å². The van der Waals surface area contributed by atoms with E-state index in [1.165, 1.54) is 9.08 Å². The third-order valence-electron chi connectivity index (χ3n) is 5.04. The zero-order chi connectivity index (χ0) is 21.1. The fraction of sp³-hybridized carbons (Fsp3) is 0.217. The lowest BCUT2D eigenvalue weighted by molar-refractivity contribution is -0.132. The van der Waals surface area contributed by atoms with E-state index < -0.39 is 0 Å². The van der Waals surface area contributed by atoms with Gasteiger partial charge in [0.15, 0.2) is 5.65 Å². The normalized spacial score (nSPS) is 11.0. The lowest BCUT2D eigenvalue weighted by atomic mass is 10.1. The van der Waals surface area contributed by atoms with E-state index in [9.17, 15) is 9.59 Å². The molecule has 0 saturated carbocycles. The van der Waals surface area contributed by atoms with Crippen molar-refractivity contribution < 1.29 is 4.79 Å². The number of carbonyl (C=O) groups is 1. The van der Waals surface area contributed by atoms with E-state index in [4.69, 9.17) is 0 Å². The molecule has 2 aromatic carbocycles. The van der Waals surface area contributed by atoms with E-state index in [1.54, 1.807) is 17.9 Å². The number of likely N-dealkylation sites (N-methyl/N-ethyl adjacent to an activating group) is 1. The van der Waals surface area contributed by atoms with Gasteiger partial charge in [0.2, 0.25) is 5.91 Å². The first-order valence-corrected chi connectivity index (χ1v) is 9.91. The van der Waals surface area contributed by atoms with E-state index in [0.717, 1.165) is 16.8 Å². The summed E-state index contributed by atoms with van der Waals surface area (Å²) in [4.78, 5) is 32.0. The Morgan fingerprint density at radius 1 is 1.03 bits per heavy atom. The van der Waals surface area contributed by atoms with Gasteiger partial charge in [-0.3, -0.25) is 4.79 Å². The monoisotopic (exact) mass is 401 g/mol. The minimum Gasteiger partial charge on any atom is -0.337 e. The first kappa shape index (κ1) is 19.6. The molecule has 7 nitrogen and oxygen atoms in total. The number of rotatable bonds is 6. The number of fused-ring (bicyclic) bond motifs is 1. The molecule has 4 aromatic rings. The maximum absolute atomic E-state index is 12.9. The maximum Gasteiger partial charge on any atom is 0.352 e. The zero-order valence-electron chi connectivity index (χ0n) is 17.0. The zero-order valence-corrected chi connectivity index (χ0v) is 17.0. The number of nitrogens with zero attached hydrogens (tertiary/aromatic N) is 5. The van der Waals surface area contributed by atoms with Crippen LogP contribution in [0, 0.1) is 6.92 Å². The molecular formula is C23H23N5O2. The van der Waals surface area contributed by atoms with E-state index >= 15 is 0 Å². The summed E-state index contributed by atoms with van der Waals surface area (Å²) >= 11 is 0. The van der Waals surface area contributed by atoms with Gasteiger partial charge in [0.05, 0.1) is 5.69 Å². The van der Waals surface area contributed by atoms with Crippen LogP contribution in [0.5, 0.6) is 0 Å². The molecule has 152 valence electrons. The Hall–Kier alpha value is -3.74. The highest BCUT2D eigenvalue weighted by Gasteiger charge is 2.18. The number of carbonyl (C=O) groups excluding carboxylic acids is 1. The lowest BCUT2D eigenvalue weighted by Gasteiger charge is -2.20. The van der Waals surface area contributed by atoms with Crippen molar-refractivity contribution in [2.24, 2.45) is 0 Å². The van der Waals surface area contributed by atoms with Gasteiger partial charge in [-0.2, -0.15) is 0 Å². The molecule has 7 heteroatoms. The maximum atomic E-state index is 12.9. The fourth-order valence-corrected chi connectivity index (χ4v) is 3.47. The number of amides is 1. The molecule has 0 aliphatic heterocycles. The Morgan fingerprint density at radius 2 is 1.70 bits per heavy atom. The summed E-state index contributed by atoms with van der Waals surface area (Å²) in [6.07, 6.45) is 0. The van der Waals surface area contributed by atoms with E-state index in [0.29, 0.717) is 24.6 Å². The second-order valence-electron chi connectivity index (χ2n) is 7.08. The molecule has 0 N–H and O–H groups in total. The lowest BCUT2D eigenvalue weighted by Crippen LogP contribution is -2.36. The van der Waals surface area contributed by atoms with Gasteiger partial charge in [0, 0.05) is 24.7 Å². The third kappa shape index (κ3) is 3.87. The summed E-state index contributed by atoms with van der Waals surface area (Å²) in [7, 11) is 0. The van der Waals surface area contributed by atoms with Gasteiger partial charge in [-0.1, -0.05) is 60.7 Å². The van der Waals surface area contributed by atoms with Crippen LogP contribution in [0.1, 0.15) is 18.3 Å². The molecule has 0 aliphatic rings. The molecule has 0 fully saturated rings. The minimum atomic E-state index is -0.362. The second-order valence-corrected chi connectivity index (χ2v) is 7.08. The molecule has 0 atom stereocenters. The second kappa shape index (κ2) is 8.32. The van der Waals surface area contributed by atoms with Crippen LogP contribution < -0.4 is 5.69 Å². The van der Waals surface area contributed by atoms with Crippen molar-refractivity contribution in [3.63, 3.8) is 0 Å². The van der Waals surface area contributed by atoms with Crippen molar-refractivity contribution in [2.45, 2.75) is 26.9 Å². The number of benzene rings is 2. The highest BCUT2D eigenvalue weighted by atomic mass is 16.2. The quantitative estimate of drug-likeness (QED) is 0.498. The molecule has 4 rings (SSSR count). The van der Waals surface area contributed by atoms with Crippen LogP contribution in [-0.2, 0) is 17.9 Å². The first-order valence-electron chi connectivity index (χ1n) is 9.91. The molecule has 0 saturated heterocycles. The van der Waals surface area contributed by atoms with Gasteiger partial charge in [-0.15, -0.1) is 5.10 Å². The van der Waals surface area contributed by atoms with Crippen LogP contribution in [0.4, 0.5) is 0 Å². The van der Waals surface area contributed by atoms with Crippen LogP contribution in [0.15, 0.2) is 71.5 Å². The highest BCUT2D eigenvalue weighted by molar-refractivity contribution is 5.76. The Balaban J connectivity index is 1.62. The standard InChI is InChI=1S/C23H23N5O2/c1-3-26(15-18-10-6-4-7-11-18)22(29)16-27-23(30)28-17(2)24-20(14-21(28)25-27)19-12-8-5-9-13-19/h4-14H,3,15-16H2,1-2H3. The number of hydrogen-bond donors (Lipinski definition) is 0. The topological polar surface area (TPSA) is 72.5 Å². The Labute approximate surface area is 174 Å². The Morgan fingerprint density at radius 3 is 2.37 bits per heavy atom. The van der Waals surface area contributed by atoms with E-state index in [1.807, 2.05) is 67.6 Å². The number of aryl methyl sites for hydroxylation is 1. The first-order chi connectivity index (χ1) is 14.6. The van der Waals surface area contributed by atoms with Crippen molar-refractivity contribution in [2.75, 3.05) is 6.54 Å². The molecule has 0 aliphatic carbocycles. The van der Waals surface area contributed by atoms with Gasteiger partial charge in [0.1, 0.15) is 12.4 Å². The Kier molecular flexibility index (Phi) is 5.43. The average molecular weight is 401 g/mol. The van der Waals surface area contributed by atoms with Gasteiger partial charge in [-0.05, 0) is 19.4 Å². The van der Waals surface area contributed by atoms with Crippen LogP contribution in [0.3, 0.4) is 0 Å². The van der Waals surface area contributed by atoms with Gasteiger partial charge in [0.25, 0.3) is 0 Å². The number of hydrogen-bond acceptors (Lipinski definition) is 4. The molecule has 2 heterocycles. The molecule has 1 amide bonds.